The number of hydrogen-bond donors (Lipinski definition) is 1. The van der Waals surface area contributed by atoms with Crippen molar-refractivity contribution in [2.75, 3.05) is 23.5 Å². The van der Waals surface area contributed by atoms with E-state index in [-0.39, 0.29) is 0 Å². The Morgan fingerprint density at radius 3 is 3.20 bits per heavy atom. The first kappa shape index (κ1) is 10.7. The molecule has 2 N–H and O–H groups in total. The van der Waals surface area contributed by atoms with Crippen molar-refractivity contribution in [1.82, 2.24) is 10.2 Å². The van der Waals surface area contributed by atoms with Crippen molar-refractivity contribution in [1.29, 1.82) is 0 Å². The molecule has 0 saturated carbocycles. The van der Waals surface area contributed by atoms with Crippen molar-refractivity contribution in [3.05, 3.63) is 17.8 Å². The Morgan fingerprint density at radius 1 is 1.67 bits per heavy atom. The molecule has 15 heavy (non-hydrogen) atoms. The molecule has 1 atom stereocenters. The minimum Gasteiger partial charge on any atom is -0.354 e. The van der Waals surface area contributed by atoms with Gasteiger partial charge in [0.05, 0.1) is 6.20 Å². The van der Waals surface area contributed by atoms with E-state index in [1.54, 1.807) is 6.20 Å². The molecule has 1 aromatic heterocycles. The molecule has 0 amide bonds. The Kier molecular flexibility index (Phi) is 3.43. The maximum absolute atomic E-state index is 5.69. The van der Waals surface area contributed by atoms with Gasteiger partial charge in [-0.15, -0.1) is 5.10 Å². The zero-order valence-electron chi connectivity index (χ0n) is 8.89. The van der Waals surface area contributed by atoms with Gasteiger partial charge in [0.25, 0.3) is 0 Å². The van der Waals surface area contributed by atoms with Gasteiger partial charge < -0.3 is 10.6 Å². The van der Waals surface area contributed by atoms with Crippen LogP contribution in [0.2, 0.25) is 0 Å². The van der Waals surface area contributed by atoms with Gasteiger partial charge in [0.15, 0.2) is 5.82 Å². The maximum atomic E-state index is 5.69. The molecule has 1 aliphatic heterocycles. The van der Waals surface area contributed by atoms with Crippen LogP contribution < -0.4 is 10.6 Å². The van der Waals surface area contributed by atoms with Crippen molar-refractivity contribution < 1.29 is 0 Å². The monoisotopic (exact) mass is 224 g/mol. The summed E-state index contributed by atoms with van der Waals surface area (Å²) in [5, 5.41) is 8.11. The minimum absolute atomic E-state index is 0.523. The van der Waals surface area contributed by atoms with Gasteiger partial charge in [0.1, 0.15) is 0 Å². The first-order chi connectivity index (χ1) is 7.33. The number of thioether (sulfide) groups is 1. The van der Waals surface area contributed by atoms with E-state index in [2.05, 4.69) is 22.1 Å². The zero-order valence-corrected chi connectivity index (χ0v) is 9.70. The van der Waals surface area contributed by atoms with E-state index in [9.17, 15) is 0 Å². The Hall–Kier alpha value is -0.810. The van der Waals surface area contributed by atoms with Crippen molar-refractivity contribution in [2.24, 2.45) is 5.73 Å². The average molecular weight is 224 g/mol. The topological polar surface area (TPSA) is 55.0 Å². The van der Waals surface area contributed by atoms with Gasteiger partial charge in [-0.1, -0.05) is 0 Å². The highest BCUT2D eigenvalue weighted by atomic mass is 32.2. The second kappa shape index (κ2) is 4.81. The van der Waals surface area contributed by atoms with Crippen molar-refractivity contribution in [3.8, 4) is 0 Å². The second-order valence-electron chi connectivity index (χ2n) is 3.71. The fourth-order valence-electron chi connectivity index (χ4n) is 1.81. The van der Waals surface area contributed by atoms with Crippen LogP contribution >= 0.6 is 11.8 Å². The van der Waals surface area contributed by atoms with Crippen LogP contribution in [0.3, 0.4) is 0 Å². The Labute approximate surface area is 94.2 Å². The molecule has 0 radical (unpaired) electrons. The van der Waals surface area contributed by atoms with Crippen molar-refractivity contribution in [3.63, 3.8) is 0 Å². The molecule has 0 spiro atoms. The molecule has 1 aliphatic rings. The van der Waals surface area contributed by atoms with Gasteiger partial charge in [-0.3, -0.25) is 0 Å². The third-order valence-electron chi connectivity index (χ3n) is 2.79. The molecule has 4 nitrogen and oxygen atoms in total. The molecule has 1 aromatic rings. The summed E-state index contributed by atoms with van der Waals surface area (Å²) < 4.78 is 0. The van der Waals surface area contributed by atoms with Gasteiger partial charge in [-0.25, -0.2) is 0 Å². The number of rotatable bonds is 3. The molecule has 82 valence electrons. The molecular formula is C10H16N4S. The number of anilines is 1. The fourth-order valence-corrected chi connectivity index (χ4v) is 3.07. The number of aromatic nitrogens is 2. The van der Waals surface area contributed by atoms with Crippen LogP contribution in [0.15, 0.2) is 12.3 Å². The summed E-state index contributed by atoms with van der Waals surface area (Å²) in [6.45, 7) is 0.523. The standard InChI is InChI=1S/C10H16N4S/c1-14(9-3-5-15-7-9)10-8(6-11)2-4-12-13-10/h2,4,9H,3,5-7,11H2,1H3. The molecule has 1 saturated heterocycles. The van der Waals surface area contributed by atoms with Gasteiger partial charge in [-0.05, 0) is 18.2 Å². The molecule has 2 rings (SSSR count). The third kappa shape index (κ3) is 2.23. The highest BCUT2D eigenvalue weighted by Crippen LogP contribution is 2.25. The summed E-state index contributed by atoms with van der Waals surface area (Å²) in [6, 6.07) is 2.53. The van der Waals surface area contributed by atoms with Crippen LogP contribution in [-0.2, 0) is 6.54 Å². The number of nitrogens with zero attached hydrogens (tertiary/aromatic N) is 3. The van der Waals surface area contributed by atoms with E-state index in [0.717, 1.165) is 11.4 Å². The number of hydrogen-bond acceptors (Lipinski definition) is 5. The molecule has 0 aliphatic carbocycles. The Bertz CT molecular complexity index is 325. The predicted octanol–water partition coefficient (Wildman–Crippen LogP) is 0.877. The second-order valence-corrected chi connectivity index (χ2v) is 4.86. The SMILES string of the molecule is CN(c1nnccc1CN)C1CCSC1. The van der Waals surface area contributed by atoms with Gasteiger partial charge in [0.2, 0.25) is 0 Å². The van der Waals surface area contributed by atoms with Crippen LogP contribution in [0, 0.1) is 0 Å². The summed E-state index contributed by atoms with van der Waals surface area (Å²) in [5.74, 6) is 3.36. The molecule has 0 bridgehead atoms. The highest BCUT2D eigenvalue weighted by molar-refractivity contribution is 7.99. The molecule has 0 aromatic carbocycles. The lowest BCUT2D eigenvalue weighted by Crippen LogP contribution is -2.33. The zero-order chi connectivity index (χ0) is 10.7. The molecular weight excluding hydrogens is 208 g/mol. The van der Waals surface area contributed by atoms with E-state index in [4.69, 9.17) is 5.73 Å². The van der Waals surface area contributed by atoms with E-state index >= 15 is 0 Å². The molecule has 1 unspecified atom stereocenters. The molecule has 5 heteroatoms. The maximum Gasteiger partial charge on any atom is 0.155 e. The lowest BCUT2D eigenvalue weighted by Gasteiger charge is -2.25. The average Bonchev–Trinajstić information content (AvgIpc) is 2.81. The number of nitrogens with two attached hydrogens (primary N) is 1. The van der Waals surface area contributed by atoms with Crippen LogP contribution in [-0.4, -0.2) is 34.8 Å². The first-order valence-corrected chi connectivity index (χ1v) is 6.29. The van der Waals surface area contributed by atoms with Gasteiger partial charge in [0, 0.05) is 31.0 Å². The van der Waals surface area contributed by atoms with Gasteiger partial charge in [-0.2, -0.15) is 16.9 Å². The summed E-state index contributed by atoms with van der Waals surface area (Å²) in [4.78, 5) is 2.22. The summed E-state index contributed by atoms with van der Waals surface area (Å²) in [5.41, 5.74) is 6.76. The highest BCUT2D eigenvalue weighted by Gasteiger charge is 2.22. The Balaban J connectivity index is 2.19. The van der Waals surface area contributed by atoms with E-state index < -0.39 is 0 Å². The van der Waals surface area contributed by atoms with Crippen molar-refractivity contribution >= 4 is 17.6 Å². The normalized spacial score (nSPS) is 20.5. The summed E-state index contributed by atoms with van der Waals surface area (Å²) in [7, 11) is 2.08. The summed E-state index contributed by atoms with van der Waals surface area (Å²) >= 11 is 2.00. The molecule has 1 fully saturated rings. The van der Waals surface area contributed by atoms with E-state index in [0.29, 0.717) is 12.6 Å². The largest absolute Gasteiger partial charge is 0.354 e. The van der Waals surface area contributed by atoms with Crippen LogP contribution in [0.25, 0.3) is 0 Å². The van der Waals surface area contributed by atoms with Crippen molar-refractivity contribution in [2.45, 2.75) is 19.0 Å². The smallest absolute Gasteiger partial charge is 0.155 e. The van der Waals surface area contributed by atoms with Crippen LogP contribution in [0.1, 0.15) is 12.0 Å². The van der Waals surface area contributed by atoms with E-state index in [1.165, 1.54) is 17.9 Å². The molecule has 2 heterocycles. The Morgan fingerprint density at radius 2 is 2.53 bits per heavy atom. The minimum atomic E-state index is 0.523. The fraction of sp³-hybridized carbons (Fsp3) is 0.600. The van der Waals surface area contributed by atoms with E-state index in [1.807, 2.05) is 17.8 Å². The first-order valence-electron chi connectivity index (χ1n) is 5.14. The quantitative estimate of drug-likeness (QED) is 0.826. The summed E-state index contributed by atoms with van der Waals surface area (Å²) in [6.07, 6.45) is 2.92. The third-order valence-corrected chi connectivity index (χ3v) is 3.93. The lowest BCUT2D eigenvalue weighted by atomic mass is 10.2. The van der Waals surface area contributed by atoms with Gasteiger partial charge >= 0.3 is 0 Å². The van der Waals surface area contributed by atoms with Crippen LogP contribution in [0.5, 0.6) is 0 Å². The predicted molar refractivity (Wildman–Crippen MR) is 64.1 cm³/mol. The lowest BCUT2D eigenvalue weighted by molar-refractivity contribution is 0.681. The van der Waals surface area contributed by atoms with Crippen LogP contribution in [0.4, 0.5) is 5.82 Å².